The molecule has 2 heterocycles. The molecule has 3 fully saturated rings. The lowest BCUT2D eigenvalue weighted by Crippen LogP contribution is -2.45. The van der Waals surface area contributed by atoms with E-state index in [1.165, 1.54) is 12.5 Å². The summed E-state index contributed by atoms with van der Waals surface area (Å²) in [5.41, 5.74) is -0.150. The van der Waals surface area contributed by atoms with Gasteiger partial charge >= 0.3 is 0 Å². The van der Waals surface area contributed by atoms with E-state index in [-0.39, 0.29) is 23.4 Å². The first-order valence-electron chi connectivity index (χ1n) is 11.1. The van der Waals surface area contributed by atoms with Crippen LogP contribution in [-0.4, -0.2) is 51.5 Å². The van der Waals surface area contributed by atoms with Crippen LogP contribution in [-0.2, 0) is 0 Å². The Balaban J connectivity index is 1.19. The summed E-state index contributed by atoms with van der Waals surface area (Å²) in [6, 6.07) is 5.23. The Bertz CT molecular complexity index is 927. The largest absolute Gasteiger partial charge is 0.391 e. The van der Waals surface area contributed by atoms with Crippen LogP contribution in [0.2, 0.25) is 0 Å². The Morgan fingerprint density at radius 2 is 1.71 bits per heavy atom. The molecule has 8 heteroatoms. The van der Waals surface area contributed by atoms with Crippen molar-refractivity contribution in [2.75, 3.05) is 18.4 Å². The number of aliphatic hydroxyl groups excluding tert-OH is 1. The molecule has 5 atom stereocenters. The van der Waals surface area contributed by atoms with Gasteiger partial charge in [-0.2, -0.15) is 0 Å². The lowest BCUT2D eigenvalue weighted by atomic mass is 9.91. The van der Waals surface area contributed by atoms with Gasteiger partial charge in [0.25, 0.3) is 0 Å². The number of aliphatic hydroxyl groups is 1. The molecule has 0 amide bonds. The second kappa shape index (κ2) is 8.39. The molecule has 31 heavy (non-hydrogen) atoms. The average molecular weight is 432 g/mol. The Morgan fingerprint density at radius 1 is 0.968 bits per heavy atom. The van der Waals surface area contributed by atoms with E-state index in [0.717, 1.165) is 51.3 Å². The summed E-state index contributed by atoms with van der Waals surface area (Å²) in [5.74, 6) is -1.43. The molecule has 3 unspecified atom stereocenters. The molecular formula is C23H27F3N4O. The fraction of sp³-hybridized carbons (Fsp3) is 0.565. The van der Waals surface area contributed by atoms with E-state index in [1.807, 2.05) is 0 Å². The topological polar surface area (TPSA) is 61.3 Å². The molecular weight excluding hydrogens is 405 g/mol. The molecule has 2 N–H and O–H groups in total. The van der Waals surface area contributed by atoms with Crippen LogP contribution in [0, 0.1) is 29.3 Å². The minimum atomic E-state index is -1.24. The summed E-state index contributed by atoms with van der Waals surface area (Å²) in [5, 5.41) is 21.8. The van der Waals surface area contributed by atoms with Gasteiger partial charge in [0.05, 0.1) is 11.8 Å². The molecule has 3 aliphatic rings. The van der Waals surface area contributed by atoms with Crippen molar-refractivity contribution >= 4 is 5.82 Å². The third kappa shape index (κ3) is 4.15. The minimum Gasteiger partial charge on any atom is -0.391 e. The van der Waals surface area contributed by atoms with E-state index in [0.29, 0.717) is 29.8 Å². The zero-order valence-electron chi connectivity index (χ0n) is 17.3. The Kier molecular flexibility index (Phi) is 5.60. The third-order valence-electron chi connectivity index (χ3n) is 7.23. The lowest BCUT2D eigenvalue weighted by Gasteiger charge is -2.35. The van der Waals surface area contributed by atoms with Crippen LogP contribution in [0.4, 0.5) is 19.0 Å². The van der Waals surface area contributed by atoms with Crippen LogP contribution in [0.5, 0.6) is 0 Å². The molecule has 1 aliphatic heterocycles. The highest BCUT2D eigenvalue weighted by Crippen LogP contribution is 2.41. The standard InChI is InChI=1S/C23H27F3N4O/c24-15-9-17(23(26)18(25)10-15)19-5-6-22(29-28-19)27-16-7-13-11-30(12-14(13)8-16)20-3-1-2-4-21(20)31/h5-6,9-10,13-14,16,20-21,31H,1-4,7-8,11-12H2,(H,27,29)/t13-,14+,16?,20?,21?. The smallest absolute Gasteiger partial charge is 0.168 e. The SMILES string of the molecule is OC1CCCCC1N1C[C@H]2CC(Nc3ccc(-c4cc(F)cc(F)c4F)nn3)C[C@H]2C1. The zero-order valence-corrected chi connectivity index (χ0v) is 17.3. The Morgan fingerprint density at radius 3 is 2.39 bits per heavy atom. The number of likely N-dealkylation sites (tertiary alicyclic amines) is 1. The van der Waals surface area contributed by atoms with E-state index in [9.17, 15) is 18.3 Å². The number of fused-ring (bicyclic) bond motifs is 1. The van der Waals surface area contributed by atoms with E-state index in [1.54, 1.807) is 6.07 Å². The van der Waals surface area contributed by atoms with Gasteiger partial charge in [-0.15, -0.1) is 10.2 Å². The van der Waals surface area contributed by atoms with Crippen molar-refractivity contribution in [3.63, 3.8) is 0 Å². The highest BCUT2D eigenvalue weighted by atomic mass is 19.2. The second-order valence-electron chi connectivity index (χ2n) is 9.26. The number of aromatic nitrogens is 2. The number of nitrogens with zero attached hydrogens (tertiary/aromatic N) is 3. The monoisotopic (exact) mass is 432 g/mol. The first-order chi connectivity index (χ1) is 15.0. The molecule has 1 aromatic heterocycles. The van der Waals surface area contributed by atoms with Gasteiger partial charge in [-0.05, 0) is 55.7 Å². The number of hydrogen-bond donors (Lipinski definition) is 2. The summed E-state index contributed by atoms with van der Waals surface area (Å²) < 4.78 is 40.9. The van der Waals surface area contributed by atoms with Crippen molar-refractivity contribution in [2.45, 2.75) is 56.7 Å². The van der Waals surface area contributed by atoms with Crippen LogP contribution >= 0.6 is 0 Å². The van der Waals surface area contributed by atoms with E-state index < -0.39 is 17.5 Å². The summed E-state index contributed by atoms with van der Waals surface area (Å²) in [7, 11) is 0. The molecule has 1 aromatic carbocycles. The van der Waals surface area contributed by atoms with Gasteiger partial charge in [0.1, 0.15) is 11.6 Å². The third-order valence-corrected chi connectivity index (χ3v) is 7.23. The Hall–Kier alpha value is -2.19. The number of rotatable bonds is 4. The van der Waals surface area contributed by atoms with Crippen molar-refractivity contribution in [2.24, 2.45) is 11.8 Å². The van der Waals surface area contributed by atoms with Crippen LogP contribution in [0.1, 0.15) is 38.5 Å². The number of anilines is 1. The number of nitrogens with one attached hydrogen (secondary N) is 1. The molecule has 0 spiro atoms. The summed E-state index contributed by atoms with van der Waals surface area (Å²) in [6.45, 7) is 2.08. The predicted molar refractivity (Wildman–Crippen MR) is 111 cm³/mol. The lowest BCUT2D eigenvalue weighted by molar-refractivity contribution is 0.0273. The number of benzene rings is 1. The van der Waals surface area contributed by atoms with Crippen LogP contribution < -0.4 is 5.32 Å². The minimum absolute atomic E-state index is 0.0893. The van der Waals surface area contributed by atoms with E-state index in [4.69, 9.17) is 0 Å². The zero-order chi connectivity index (χ0) is 21.5. The first-order valence-corrected chi connectivity index (χ1v) is 11.1. The van der Waals surface area contributed by atoms with Crippen molar-refractivity contribution in [3.05, 3.63) is 41.7 Å². The first kappa shape index (κ1) is 20.7. The quantitative estimate of drug-likeness (QED) is 0.716. The van der Waals surface area contributed by atoms with Gasteiger partial charge < -0.3 is 10.4 Å². The molecule has 0 bridgehead atoms. The van der Waals surface area contributed by atoms with Gasteiger partial charge in [0.15, 0.2) is 11.6 Å². The van der Waals surface area contributed by atoms with Gasteiger partial charge in [-0.1, -0.05) is 12.8 Å². The maximum absolute atomic E-state index is 14.0. The average Bonchev–Trinajstić information content (AvgIpc) is 3.30. The van der Waals surface area contributed by atoms with Crippen molar-refractivity contribution in [1.82, 2.24) is 15.1 Å². The van der Waals surface area contributed by atoms with Gasteiger partial charge in [-0.25, -0.2) is 13.2 Å². The fourth-order valence-corrected chi connectivity index (χ4v) is 5.75. The van der Waals surface area contributed by atoms with Crippen molar-refractivity contribution in [1.29, 1.82) is 0 Å². The number of halogens is 3. The second-order valence-corrected chi connectivity index (χ2v) is 9.26. The molecule has 166 valence electrons. The van der Waals surface area contributed by atoms with Crippen LogP contribution in [0.25, 0.3) is 11.3 Å². The predicted octanol–water partition coefficient (Wildman–Crippen LogP) is 3.99. The summed E-state index contributed by atoms with van der Waals surface area (Å²) in [4.78, 5) is 2.50. The van der Waals surface area contributed by atoms with Crippen LogP contribution in [0.15, 0.2) is 24.3 Å². The molecule has 5 rings (SSSR count). The number of hydrogen-bond acceptors (Lipinski definition) is 5. The molecule has 5 nitrogen and oxygen atoms in total. The van der Waals surface area contributed by atoms with Crippen LogP contribution in [0.3, 0.4) is 0 Å². The summed E-state index contributed by atoms with van der Waals surface area (Å²) in [6.07, 6.45) is 6.24. The maximum atomic E-state index is 14.0. The molecule has 0 radical (unpaired) electrons. The normalized spacial score (nSPS) is 31.0. The Labute approximate surface area is 179 Å². The highest BCUT2D eigenvalue weighted by Gasteiger charge is 2.44. The molecule has 2 saturated carbocycles. The summed E-state index contributed by atoms with van der Waals surface area (Å²) >= 11 is 0. The maximum Gasteiger partial charge on any atom is 0.168 e. The van der Waals surface area contributed by atoms with Crippen molar-refractivity contribution < 1.29 is 18.3 Å². The van der Waals surface area contributed by atoms with E-state index in [2.05, 4.69) is 20.4 Å². The fourth-order valence-electron chi connectivity index (χ4n) is 5.75. The van der Waals surface area contributed by atoms with Crippen molar-refractivity contribution in [3.8, 4) is 11.3 Å². The van der Waals surface area contributed by atoms with Gasteiger partial charge in [0, 0.05) is 36.8 Å². The molecule has 2 aliphatic carbocycles. The molecule has 1 saturated heterocycles. The highest BCUT2D eigenvalue weighted by molar-refractivity contribution is 5.60. The molecule has 2 aromatic rings. The van der Waals surface area contributed by atoms with E-state index >= 15 is 0 Å². The van der Waals surface area contributed by atoms with Gasteiger partial charge in [0.2, 0.25) is 0 Å². The van der Waals surface area contributed by atoms with Gasteiger partial charge in [-0.3, -0.25) is 4.90 Å².